The van der Waals surface area contributed by atoms with E-state index in [1.807, 2.05) is 23.9 Å². The lowest BCUT2D eigenvalue weighted by Crippen LogP contribution is -2.51. The molecule has 0 bridgehead atoms. The smallest absolute Gasteiger partial charge is 0.254 e. The van der Waals surface area contributed by atoms with Crippen LogP contribution >= 0.6 is 0 Å². The molecule has 0 unspecified atom stereocenters. The number of amides is 1. The number of pyridine rings is 1. The summed E-state index contributed by atoms with van der Waals surface area (Å²) in [6.07, 6.45) is 3.46. The van der Waals surface area contributed by atoms with E-state index in [4.69, 9.17) is 15.5 Å². The van der Waals surface area contributed by atoms with Crippen LogP contribution in [0.15, 0.2) is 36.5 Å². The number of nitrogens with two attached hydrogens (primary N) is 1. The molecule has 1 aliphatic heterocycles. The third kappa shape index (κ3) is 3.74. The van der Waals surface area contributed by atoms with Crippen molar-refractivity contribution in [3.63, 3.8) is 0 Å². The van der Waals surface area contributed by atoms with Gasteiger partial charge in [0.05, 0.1) is 24.4 Å². The molecule has 182 valence electrons. The lowest BCUT2D eigenvalue weighted by Gasteiger charge is -2.33. The fourth-order valence-electron chi connectivity index (χ4n) is 5.15. The van der Waals surface area contributed by atoms with E-state index in [1.165, 1.54) is 12.8 Å². The van der Waals surface area contributed by atoms with Crippen molar-refractivity contribution >= 4 is 28.0 Å². The number of methoxy groups -OCH3 is 1. The number of alkyl halides is 1. The standard InChI is InChI=1S/C26H29FN6O2/c1-31-23-20(10-17(12-22(23)35-2)26(34)32-9-7-18(27)19(28)14-32)30-25(31)21-11-16-4-3-8-29-24(16)33(21)13-15-5-6-15/h3-4,8,10-12,15,18-19H,5-7,9,13-14,28H2,1-2H3/t18-,19+/m1/s1. The molecule has 0 spiro atoms. The number of ether oxygens (including phenoxy) is 1. The Morgan fingerprint density at radius 1 is 1.26 bits per heavy atom. The SMILES string of the molecule is COc1cc(C(=O)N2CC[C@@H](F)[C@@H](N)C2)cc2nc(-c3cc4cccnc4n3CC3CC3)n(C)c12. The van der Waals surface area contributed by atoms with Crippen molar-refractivity contribution in [1.29, 1.82) is 0 Å². The van der Waals surface area contributed by atoms with E-state index in [0.717, 1.165) is 34.6 Å². The molecule has 2 atom stereocenters. The summed E-state index contributed by atoms with van der Waals surface area (Å²) >= 11 is 0. The van der Waals surface area contributed by atoms with Crippen molar-refractivity contribution in [2.75, 3.05) is 20.2 Å². The predicted octanol–water partition coefficient (Wildman–Crippen LogP) is 3.52. The molecule has 8 nitrogen and oxygen atoms in total. The molecule has 1 amide bonds. The van der Waals surface area contributed by atoms with Gasteiger partial charge in [0, 0.05) is 43.8 Å². The number of likely N-dealkylation sites (tertiary alicyclic amines) is 1. The summed E-state index contributed by atoms with van der Waals surface area (Å²) in [4.78, 5) is 24.5. The van der Waals surface area contributed by atoms with Crippen LogP contribution in [0.1, 0.15) is 29.6 Å². The monoisotopic (exact) mass is 476 g/mol. The Balaban J connectivity index is 1.45. The average Bonchev–Trinajstić information content (AvgIpc) is 3.53. The zero-order valence-electron chi connectivity index (χ0n) is 19.9. The maximum Gasteiger partial charge on any atom is 0.254 e. The molecule has 3 aromatic heterocycles. The van der Waals surface area contributed by atoms with Crippen molar-refractivity contribution in [3.05, 3.63) is 42.1 Å². The normalized spacial score (nSPS) is 20.6. The molecule has 6 rings (SSSR count). The number of carbonyl (C=O) groups excluding carboxylic acids is 1. The minimum Gasteiger partial charge on any atom is -0.494 e. The first-order valence-electron chi connectivity index (χ1n) is 12.1. The number of imidazole rings is 1. The van der Waals surface area contributed by atoms with E-state index < -0.39 is 12.2 Å². The van der Waals surface area contributed by atoms with Gasteiger partial charge in [-0.15, -0.1) is 0 Å². The first-order valence-corrected chi connectivity index (χ1v) is 12.1. The number of hydrogen-bond donors (Lipinski definition) is 1. The largest absolute Gasteiger partial charge is 0.494 e. The number of halogens is 1. The Morgan fingerprint density at radius 3 is 2.83 bits per heavy atom. The minimum atomic E-state index is -1.08. The second kappa shape index (κ2) is 8.34. The lowest BCUT2D eigenvalue weighted by molar-refractivity contribution is 0.0630. The number of aryl methyl sites for hydroxylation is 1. The van der Waals surface area contributed by atoms with Gasteiger partial charge in [-0.05, 0) is 55.5 Å². The molecule has 1 saturated carbocycles. The van der Waals surface area contributed by atoms with E-state index in [1.54, 1.807) is 24.1 Å². The molecule has 2 aliphatic rings. The summed E-state index contributed by atoms with van der Waals surface area (Å²) in [5.74, 6) is 1.84. The number of benzene rings is 1. The predicted molar refractivity (Wildman–Crippen MR) is 132 cm³/mol. The van der Waals surface area contributed by atoms with Crippen LogP contribution in [0.4, 0.5) is 4.39 Å². The van der Waals surface area contributed by atoms with E-state index in [0.29, 0.717) is 29.3 Å². The van der Waals surface area contributed by atoms with Gasteiger partial charge in [0.2, 0.25) is 0 Å². The Bertz CT molecular complexity index is 1440. The Morgan fingerprint density at radius 2 is 2.09 bits per heavy atom. The average molecular weight is 477 g/mol. The van der Waals surface area contributed by atoms with E-state index in [2.05, 4.69) is 21.7 Å². The van der Waals surface area contributed by atoms with E-state index in [9.17, 15) is 9.18 Å². The molecule has 1 aromatic carbocycles. The summed E-state index contributed by atoms with van der Waals surface area (Å²) < 4.78 is 23.8. The topological polar surface area (TPSA) is 91.2 Å². The van der Waals surface area contributed by atoms with Crippen LogP contribution in [0.2, 0.25) is 0 Å². The molecule has 4 aromatic rings. The van der Waals surface area contributed by atoms with E-state index in [-0.39, 0.29) is 18.9 Å². The molecule has 4 heterocycles. The molecule has 1 aliphatic carbocycles. The summed E-state index contributed by atoms with van der Waals surface area (Å²) in [5, 5.41) is 1.07. The van der Waals surface area contributed by atoms with Crippen LogP contribution in [0.3, 0.4) is 0 Å². The summed E-state index contributed by atoms with van der Waals surface area (Å²) in [5.41, 5.74) is 9.79. The number of nitrogens with zero attached hydrogens (tertiary/aromatic N) is 5. The van der Waals surface area contributed by atoms with Crippen molar-refractivity contribution in [3.8, 4) is 17.3 Å². The van der Waals surface area contributed by atoms with Gasteiger partial charge in [-0.25, -0.2) is 14.4 Å². The van der Waals surface area contributed by atoms with Crippen molar-refractivity contribution < 1.29 is 13.9 Å². The van der Waals surface area contributed by atoms with Crippen LogP contribution in [0.5, 0.6) is 5.75 Å². The zero-order valence-corrected chi connectivity index (χ0v) is 19.9. The number of piperidine rings is 1. The fourth-order valence-corrected chi connectivity index (χ4v) is 5.15. The van der Waals surface area contributed by atoms with Crippen molar-refractivity contribution in [2.24, 2.45) is 18.7 Å². The second-order valence-electron chi connectivity index (χ2n) is 9.76. The van der Waals surface area contributed by atoms with Crippen LogP contribution < -0.4 is 10.5 Å². The van der Waals surface area contributed by atoms with Gasteiger partial charge < -0.3 is 24.5 Å². The third-order valence-corrected chi connectivity index (χ3v) is 7.28. The maximum absolute atomic E-state index is 13.8. The van der Waals surface area contributed by atoms with E-state index >= 15 is 0 Å². The number of rotatable bonds is 5. The molecular formula is C26H29FN6O2. The van der Waals surface area contributed by atoms with Crippen LogP contribution in [0.25, 0.3) is 33.6 Å². The molecular weight excluding hydrogens is 447 g/mol. The Kier molecular flexibility index (Phi) is 5.25. The van der Waals surface area contributed by atoms with Crippen molar-refractivity contribution in [2.45, 2.75) is 38.0 Å². The second-order valence-corrected chi connectivity index (χ2v) is 9.76. The minimum absolute atomic E-state index is 0.188. The summed E-state index contributed by atoms with van der Waals surface area (Å²) in [6.45, 7) is 1.45. The van der Waals surface area contributed by atoms with Gasteiger partial charge in [0.15, 0.2) is 5.82 Å². The number of carbonyl (C=O) groups is 1. The van der Waals surface area contributed by atoms with Crippen molar-refractivity contribution in [1.82, 2.24) is 24.0 Å². The van der Waals surface area contributed by atoms with Gasteiger partial charge in [0.25, 0.3) is 5.91 Å². The summed E-state index contributed by atoms with van der Waals surface area (Å²) in [6, 6.07) is 9.02. The highest BCUT2D eigenvalue weighted by Crippen LogP contribution is 2.37. The third-order valence-electron chi connectivity index (χ3n) is 7.28. The number of hydrogen-bond acceptors (Lipinski definition) is 5. The quantitative estimate of drug-likeness (QED) is 0.476. The Hall–Kier alpha value is -3.46. The molecule has 1 saturated heterocycles. The van der Waals surface area contributed by atoms with Gasteiger partial charge in [-0.1, -0.05) is 0 Å². The first kappa shape index (κ1) is 22.0. The molecule has 9 heteroatoms. The Labute approximate surface area is 202 Å². The molecule has 0 radical (unpaired) electrons. The van der Waals surface area contributed by atoms with Gasteiger partial charge in [-0.2, -0.15) is 0 Å². The first-order chi connectivity index (χ1) is 16.9. The molecule has 2 N–H and O–H groups in total. The van der Waals surface area contributed by atoms with Crippen LogP contribution in [-0.4, -0.2) is 62.3 Å². The van der Waals surface area contributed by atoms with Crippen LogP contribution in [-0.2, 0) is 13.6 Å². The zero-order chi connectivity index (χ0) is 24.3. The van der Waals surface area contributed by atoms with Crippen LogP contribution in [0, 0.1) is 5.92 Å². The number of fused-ring (bicyclic) bond motifs is 2. The molecule has 35 heavy (non-hydrogen) atoms. The van der Waals surface area contributed by atoms with Gasteiger partial charge >= 0.3 is 0 Å². The summed E-state index contributed by atoms with van der Waals surface area (Å²) in [7, 11) is 3.56. The highest BCUT2D eigenvalue weighted by molar-refractivity contribution is 6.00. The number of aromatic nitrogens is 4. The fraction of sp³-hybridized carbons (Fsp3) is 0.423. The maximum atomic E-state index is 13.8. The van der Waals surface area contributed by atoms with Gasteiger partial charge in [-0.3, -0.25) is 4.79 Å². The molecule has 2 fully saturated rings. The highest BCUT2D eigenvalue weighted by Gasteiger charge is 2.31. The van der Waals surface area contributed by atoms with Gasteiger partial charge in [0.1, 0.15) is 23.1 Å². The lowest BCUT2D eigenvalue weighted by atomic mass is 10.0. The highest BCUT2D eigenvalue weighted by atomic mass is 19.1.